The summed E-state index contributed by atoms with van der Waals surface area (Å²) in [7, 11) is 0. The number of para-hydroxylation sites is 2. The van der Waals surface area contributed by atoms with Crippen molar-refractivity contribution in [3.63, 3.8) is 0 Å². The number of furan rings is 2. The van der Waals surface area contributed by atoms with Crippen molar-refractivity contribution in [2.75, 3.05) is 4.90 Å². The minimum absolute atomic E-state index is 0.834. The van der Waals surface area contributed by atoms with Crippen LogP contribution in [0.3, 0.4) is 0 Å². The molecule has 2 heterocycles. The molecule has 10 aromatic rings. The molecule has 3 nitrogen and oxygen atoms in total. The van der Waals surface area contributed by atoms with Crippen LogP contribution >= 0.6 is 0 Å². The zero-order chi connectivity index (χ0) is 33.7. The lowest BCUT2D eigenvalue weighted by Crippen LogP contribution is -2.11. The third-order valence-corrected chi connectivity index (χ3v) is 9.84. The first-order valence-electron chi connectivity index (χ1n) is 17.3. The van der Waals surface area contributed by atoms with Crippen LogP contribution in [0.1, 0.15) is 0 Å². The Morgan fingerprint density at radius 2 is 0.882 bits per heavy atom. The summed E-state index contributed by atoms with van der Waals surface area (Å²) in [6.45, 7) is 0. The zero-order valence-corrected chi connectivity index (χ0v) is 27.7. The highest BCUT2D eigenvalue weighted by atomic mass is 16.3. The molecule has 0 saturated heterocycles. The summed E-state index contributed by atoms with van der Waals surface area (Å²) in [5, 5.41) is 4.34. The molecule has 0 N–H and O–H groups in total. The van der Waals surface area contributed by atoms with Crippen LogP contribution < -0.4 is 4.90 Å². The van der Waals surface area contributed by atoms with Crippen LogP contribution in [-0.4, -0.2) is 0 Å². The van der Waals surface area contributed by atoms with E-state index in [1.54, 1.807) is 0 Å². The Labute approximate surface area is 295 Å². The highest BCUT2D eigenvalue weighted by Crippen LogP contribution is 2.48. The predicted molar refractivity (Wildman–Crippen MR) is 212 cm³/mol. The summed E-state index contributed by atoms with van der Waals surface area (Å²) < 4.78 is 13.2. The van der Waals surface area contributed by atoms with E-state index in [1.807, 2.05) is 18.2 Å². The maximum absolute atomic E-state index is 6.88. The van der Waals surface area contributed by atoms with Crippen LogP contribution in [0.4, 0.5) is 17.1 Å². The van der Waals surface area contributed by atoms with Crippen LogP contribution in [0.5, 0.6) is 0 Å². The molecule has 0 aliphatic rings. The lowest BCUT2D eigenvalue weighted by atomic mass is 9.96. The van der Waals surface area contributed by atoms with Crippen LogP contribution in [0.2, 0.25) is 0 Å². The second-order valence-electron chi connectivity index (χ2n) is 12.9. The molecule has 0 aliphatic heterocycles. The Morgan fingerprint density at radius 1 is 0.333 bits per heavy atom. The molecule has 0 saturated carbocycles. The van der Waals surface area contributed by atoms with Crippen LogP contribution in [0, 0.1) is 0 Å². The van der Waals surface area contributed by atoms with Crippen molar-refractivity contribution in [1.82, 2.24) is 0 Å². The van der Waals surface area contributed by atoms with E-state index < -0.39 is 0 Å². The Kier molecular flexibility index (Phi) is 6.81. The lowest BCUT2D eigenvalue weighted by molar-refractivity contribution is 0.669. The first kappa shape index (κ1) is 29.1. The average molecular weight is 654 g/mol. The van der Waals surface area contributed by atoms with Crippen LogP contribution in [-0.2, 0) is 0 Å². The molecule has 10 rings (SSSR count). The first-order chi connectivity index (χ1) is 25.3. The Balaban J connectivity index is 1.30. The van der Waals surface area contributed by atoms with Crippen LogP contribution in [0.25, 0.3) is 77.3 Å². The maximum Gasteiger partial charge on any atom is 0.160 e. The molecule has 0 aliphatic carbocycles. The SMILES string of the molecule is c1ccc(-c2cc(-c3ccccc3)cc(N(c3ccc4oc5ccccc5c4c3)c3ccc(-c4ccccc4)c4c3oc3ccccc34)c2)cc1. The highest BCUT2D eigenvalue weighted by molar-refractivity contribution is 6.17. The Morgan fingerprint density at radius 3 is 1.55 bits per heavy atom. The van der Waals surface area contributed by atoms with Crippen LogP contribution in [0.15, 0.2) is 197 Å². The molecule has 240 valence electrons. The van der Waals surface area contributed by atoms with E-state index in [4.69, 9.17) is 8.83 Å². The van der Waals surface area contributed by atoms with Gasteiger partial charge in [0.2, 0.25) is 0 Å². The number of nitrogens with zero attached hydrogens (tertiary/aromatic N) is 1. The minimum Gasteiger partial charge on any atom is -0.456 e. The van der Waals surface area contributed by atoms with E-state index >= 15 is 0 Å². The van der Waals surface area contributed by atoms with Crippen molar-refractivity contribution in [2.24, 2.45) is 0 Å². The molecular weight excluding hydrogens is 623 g/mol. The molecule has 51 heavy (non-hydrogen) atoms. The second kappa shape index (κ2) is 11.9. The van der Waals surface area contributed by atoms with E-state index in [1.165, 1.54) is 0 Å². The van der Waals surface area contributed by atoms with Gasteiger partial charge in [-0.1, -0.05) is 133 Å². The minimum atomic E-state index is 0.834. The highest BCUT2D eigenvalue weighted by Gasteiger charge is 2.24. The molecule has 0 amide bonds. The molecule has 0 atom stereocenters. The van der Waals surface area contributed by atoms with E-state index in [-0.39, 0.29) is 0 Å². The van der Waals surface area contributed by atoms with Crippen molar-refractivity contribution in [2.45, 2.75) is 0 Å². The largest absolute Gasteiger partial charge is 0.456 e. The summed E-state index contributed by atoms with van der Waals surface area (Å²) in [6, 6.07) is 66.2. The van der Waals surface area contributed by atoms with Gasteiger partial charge in [0.15, 0.2) is 5.58 Å². The van der Waals surface area contributed by atoms with Crippen molar-refractivity contribution >= 4 is 60.9 Å². The number of rotatable bonds is 6. The van der Waals surface area contributed by atoms with Gasteiger partial charge in [-0.2, -0.15) is 0 Å². The van der Waals surface area contributed by atoms with Gasteiger partial charge >= 0.3 is 0 Å². The number of hydrogen-bond acceptors (Lipinski definition) is 3. The van der Waals surface area contributed by atoms with E-state index in [9.17, 15) is 0 Å². The molecule has 0 fully saturated rings. The van der Waals surface area contributed by atoms with Crippen molar-refractivity contribution in [1.29, 1.82) is 0 Å². The van der Waals surface area contributed by atoms with Gasteiger partial charge in [-0.05, 0) is 88.0 Å². The summed E-state index contributed by atoms with van der Waals surface area (Å²) in [5.74, 6) is 0. The van der Waals surface area contributed by atoms with E-state index in [2.05, 4.69) is 175 Å². The normalized spacial score (nSPS) is 11.5. The average Bonchev–Trinajstić information content (AvgIpc) is 3.78. The molecule has 0 spiro atoms. The van der Waals surface area contributed by atoms with Gasteiger partial charge < -0.3 is 13.7 Å². The van der Waals surface area contributed by atoms with Gasteiger partial charge in [-0.3, -0.25) is 0 Å². The third kappa shape index (κ3) is 4.98. The quantitative estimate of drug-likeness (QED) is 0.179. The lowest BCUT2D eigenvalue weighted by Gasteiger charge is -2.27. The summed E-state index contributed by atoms with van der Waals surface area (Å²) in [5.41, 5.74) is 13.3. The Bertz CT molecular complexity index is 2790. The smallest absolute Gasteiger partial charge is 0.160 e. The summed E-state index contributed by atoms with van der Waals surface area (Å²) in [4.78, 5) is 2.35. The number of fused-ring (bicyclic) bond motifs is 6. The molecule has 0 unspecified atom stereocenters. The van der Waals surface area contributed by atoms with Gasteiger partial charge in [0.05, 0.1) is 5.69 Å². The molecule has 0 bridgehead atoms. The molecule has 2 aromatic heterocycles. The summed E-state index contributed by atoms with van der Waals surface area (Å²) >= 11 is 0. The fraction of sp³-hybridized carbons (Fsp3) is 0. The van der Waals surface area contributed by atoms with Gasteiger partial charge in [0.25, 0.3) is 0 Å². The molecule has 0 radical (unpaired) electrons. The fourth-order valence-electron chi connectivity index (χ4n) is 7.46. The topological polar surface area (TPSA) is 29.5 Å². The maximum atomic E-state index is 6.88. The van der Waals surface area contributed by atoms with Gasteiger partial charge in [0, 0.05) is 32.9 Å². The van der Waals surface area contributed by atoms with Crippen molar-refractivity contribution < 1.29 is 8.83 Å². The van der Waals surface area contributed by atoms with E-state index in [0.717, 1.165) is 94.3 Å². The van der Waals surface area contributed by atoms with Gasteiger partial charge in [0.1, 0.15) is 16.7 Å². The van der Waals surface area contributed by atoms with Crippen molar-refractivity contribution in [3.8, 4) is 33.4 Å². The third-order valence-electron chi connectivity index (χ3n) is 9.84. The monoisotopic (exact) mass is 653 g/mol. The molecule has 3 heteroatoms. The van der Waals surface area contributed by atoms with Gasteiger partial charge in [-0.15, -0.1) is 0 Å². The first-order valence-corrected chi connectivity index (χ1v) is 17.3. The fourth-order valence-corrected chi connectivity index (χ4v) is 7.46. The number of anilines is 3. The predicted octanol–water partition coefficient (Wildman–Crippen LogP) is 14.0. The Hall–Kier alpha value is -6.84. The van der Waals surface area contributed by atoms with Crippen molar-refractivity contribution in [3.05, 3.63) is 188 Å². The zero-order valence-electron chi connectivity index (χ0n) is 27.7. The molecular formula is C48H31NO2. The molecule has 8 aromatic carbocycles. The number of hydrogen-bond donors (Lipinski definition) is 0. The summed E-state index contributed by atoms with van der Waals surface area (Å²) in [6.07, 6.45) is 0. The standard InChI is InChI=1S/C48H31NO2/c1-4-14-32(15-5-1)35-28-36(33-16-6-2-7-17-33)30-38(29-35)49(37-24-27-46-42(31-37)40-20-10-12-22-44(40)50-46)43-26-25-39(34-18-8-3-9-19-34)47-41-21-11-13-23-45(41)51-48(43)47/h1-31H. The van der Waals surface area contributed by atoms with Gasteiger partial charge in [-0.25, -0.2) is 0 Å². The number of benzene rings is 8. The second-order valence-corrected chi connectivity index (χ2v) is 12.9. The van der Waals surface area contributed by atoms with E-state index in [0.29, 0.717) is 0 Å².